The summed E-state index contributed by atoms with van der Waals surface area (Å²) in [7, 11) is 0. The Balaban J connectivity index is 1.77. The smallest absolute Gasteiger partial charge is 0.373 e. The Morgan fingerprint density at radius 2 is 1.93 bits per heavy atom. The highest BCUT2D eigenvalue weighted by atomic mass is 35.5. The number of thiazole rings is 1. The average molecular weight is 467 g/mol. The van der Waals surface area contributed by atoms with Crippen LogP contribution in [0.25, 0.3) is 10.2 Å². The van der Waals surface area contributed by atoms with Crippen LogP contribution < -0.4 is 5.32 Å². The number of halogens is 5. The first-order valence-electron chi connectivity index (χ1n) is 7.61. The molecule has 0 unspecified atom stereocenters. The average Bonchev–Trinajstić information content (AvgIpc) is 2.97. The number of benzene rings is 2. The van der Waals surface area contributed by atoms with Gasteiger partial charge in [-0.1, -0.05) is 35.0 Å². The van der Waals surface area contributed by atoms with Gasteiger partial charge < -0.3 is 10.4 Å². The van der Waals surface area contributed by atoms with Gasteiger partial charge in [0.1, 0.15) is 0 Å². The summed E-state index contributed by atoms with van der Waals surface area (Å²) < 4.78 is 39.9. The van der Waals surface area contributed by atoms with Crippen molar-refractivity contribution in [2.24, 2.45) is 0 Å². The Kier molecular flexibility index (Phi) is 5.84. The Morgan fingerprint density at radius 3 is 2.57 bits per heavy atom. The van der Waals surface area contributed by atoms with Gasteiger partial charge in [0.15, 0.2) is 4.34 Å². The molecular formula is C17H11Cl2F3N2O2S2. The molecule has 0 saturated heterocycles. The Morgan fingerprint density at radius 1 is 1.21 bits per heavy atom. The SMILES string of the molecule is C[C@@](O)(C(=O)Nc1ccc(Sc2nc3cc(Cl)ccc3s2)cc1Cl)C(F)(F)F. The molecule has 4 nitrogen and oxygen atoms in total. The first kappa shape index (κ1) is 21.2. The van der Waals surface area contributed by atoms with Crippen molar-refractivity contribution in [2.75, 3.05) is 5.32 Å². The molecule has 11 heteroatoms. The Labute approximate surface area is 175 Å². The molecule has 1 amide bonds. The van der Waals surface area contributed by atoms with Crippen molar-refractivity contribution < 1.29 is 23.1 Å². The summed E-state index contributed by atoms with van der Waals surface area (Å²) in [5.74, 6) is -1.62. The van der Waals surface area contributed by atoms with E-state index in [1.807, 2.05) is 11.4 Å². The molecule has 0 bridgehead atoms. The lowest BCUT2D eigenvalue weighted by molar-refractivity contribution is -0.242. The van der Waals surface area contributed by atoms with Crippen LogP contribution in [0.2, 0.25) is 10.0 Å². The number of fused-ring (bicyclic) bond motifs is 1. The van der Waals surface area contributed by atoms with Crippen molar-refractivity contribution >= 4 is 68.1 Å². The number of hydrogen-bond acceptors (Lipinski definition) is 5. The van der Waals surface area contributed by atoms with Crippen molar-refractivity contribution in [3.63, 3.8) is 0 Å². The molecule has 1 atom stereocenters. The van der Waals surface area contributed by atoms with Gasteiger partial charge in [-0.15, -0.1) is 11.3 Å². The van der Waals surface area contributed by atoms with E-state index in [0.717, 1.165) is 14.6 Å². The van der Waals surface area contributed by atoms with E-state index in [9.17, 15) is 23.1 Å². The summed E-state index contributed by atoms with van der Waals surface area (Å²) in [5.41, 5.74) is -2.83. The van der Waals surface area contributed by atoms with Gasteiger partial charge in [-0.2, -0.15) is 13.2 Å². The molecular weight excluding hydrogens is 456 g/mol. The number of anilines is 1. The lowest BCUT2D eigenvalue weighted by atomic mass is 10.1. The number of carbonyl (C=O) groups is 1. The minimum Gasteiger partial charge on any atom is -0.373 e. The van der Waals surface area contributed by atoms with Crippen LogP contribution in [0.5, 0.6) is 0 Å². The number of nitrogens with one attached hydrogen (secondary N) is 1. The summed E-state index contributed by atoms with van der Waals surface area (Å²) in [6.45, 7) is 0.375. The molecule has 2 aromatic carbocycles. The minimum atomic E-state index is -5.12. The van der Waals surface area contributed by atoms with Gasteiger partial charge in [0.25, 0.3) is 5.91 Å². The lowest BCUT2D eigenvalue weighted by Crippen LogP contribution is -2.52. The molecule has 0 saturated carbocycles. The van der Waals surface area contributed by atoms with Crippen LogP contribution in [-0.4, -0.2) is 27.8 Å². The van der Waals surface area contributed by atoms with Gasteiger partial charge in [0.05, 0.1) is 20.9 Å². The zero-order valence-corrected chi connectivity index (χ0v) is 17.1. The number of carbonyl (C=O) groups excluding carboxylic acids is 1. The van der Waals surface area contributed by atoms with Crippen LogP contribution in [-0.2, 0) is 4.79 Å². The highest BCUT2D eigenvalue weighted by Crippen LogP contribution is 2.38. The fourth-order valence-electron chi connectivity index (χ4n) is 2.06. The molecule has 2 N–H and O–H groups in total. The predicted octanol–water partition coefficient (Wildman–Crippen LogP) is 6.01. The number of aromatic nitrogens is 1. The van der Waals surface area contributed by atoms with Crippen molar-refractivity contribution in [1.82, 2.24) is 4.98 Å². The second-order valence-electron chi connectivity index (χ2n) is 5.86. The third kappa shape index (κ3) is 4.38. The molecule has 148 valence electrons. The summed E-state index contributed by atoms with van der Waals surface area (Å²) >= 11 is 14.8. The topological polar surface area (TPSA) is 62.2 Å². The van der Waals surface area contributed by atoms with E-state index >= 15 is 0 Å². The number of amides is 1. The predicted molar refractivity (Wildman–Crippen MR) is 106 cm³/mol. The van der Waals surface area contributed by atoms with Gasteiger partial charge >= 0.3 is 6.18 Å². The molecule has 0 aliphatic rings. The van der Waals surface area contributed by atoms with E-state index in [1.54, 1.807) is 18.2 Å². The number of alkyl halides is 3. The minimum absolute atomic E-state index is 0.0282. The van der Waals surface area contributed by atoms with Gasteiger partial charge in [0, 0.05) is 9.92 Å². The second-order valence-corrected chi connectivity index (χ2v) is 9.05. The summed E-state index contributed by atoms with van der Waals surface area (Å²) in [5, 5.41) is 12.0. The van der Waals surface area contributed by atoms with Crippen LogP contribution in [0, 0.1) is 0 Å². The van der Waals surface area contributed by atoms with Gasteiger partial charge in [-0.3, -0.25) is 4.79 Å². The number of nitrogens with zero attached hydrogens (tertiary/aromatic N) is 1. The van der Waals surface area contributed by atoms with E-state index in [2.05, 4.69) is 4.98 Å². The van der Waals surface area contributed by atoms with Gasteiger partial charge in [-0.05, 0) is 43.3 Å². The molecule has 28 heavy (non-hydrogen) atoms. The molecule has 0 aliphatic heterocycles. The zero-order chi connectivity index (χ0) is 20.7. The van der Waals surface area contributed by atoms with Gasteiger partial charge in [0.2, 0.25) is 5.60 Å². The van der Waals surface area contributed by atoms with Crippen LogP contribution in [0.1, 0.15) is 6.92 Å². The van der Waals surface area contributed by atoms with Crippen LogP contribution in [0.3, 0.4) is 0 Å². The fourth-order valence-corrected chi connectivity index (χ4v) is 4.58. The first-order valence-corrected chi connectivity index (χ1v) is 10.0. The molecule has 3 aromatic rings. The monoisotopic (exact) mass is 466 g/mol. The van der Waals surface area contributed by atoms with E-state index < -0.39 is 17.7 Å². The van der Waals surface area contributed by atoms with Crippen LogP contribution in [0.15, 0.2) is 45.6 Å². The van der Waals surface area contributed by atoms with E-state index in [1.165, 1.54) is 35.2 Å². The number of hydrogen-bond donors (Lipinski definition) is 2. The Bertz CT molecular complexity index is 1050. The third-order valence-corrected chi connectivity index (χ3v) is 6.35. The maximum Gasteiger partial charge on any atom is 0.426 e. The molecule has 0 spiro atoms. The lowest BCUT2D eigenvalue weighted by Gasteiger charge is -2.25. The molecule has 0 aliphatic carbocycles. The largest absolute Gasteiger partial charge is 0.426 e. The molecule has 0 fully saturated rings. The van der Waals surface area contributed by atoms with E-state index in [4.69, 9.17) is 23.2 Å². The van der Waals surface area contributed by atoms with Crippen molar-refractivity contribution in [1.29, 1.82) is 0 Å². The highest BCUT2D eigenvalue weighted by molar-refractivity contribution is 8.01. The summed E-state index contributed by atoms with van der Waals surface area (Å²) in [6, 6.07) is 9.80. The molecule has 3 rings (SSSR count). The highest BCUT2D eigenvalue weighted by Gasteiger charge is 2.55. The van der Waals surface area contributed by atoms with Gasteiger partial charge in [-0.25, -0.2) is 4.98 Å². The van der Waals surface area contributed by atoms with Crippen molar-refractivity contribution in [2.45, 2.75) is 27.9 Å². The quantitative estimate of drug-likeness (QED) is 0.494. The van der Waals surface area contributed by atoms with Crippen LogP contribution >= 0.6 is 46.3 Å². The summed E-state index contributed by atoms with van der Waals surface area (Å²) in [6.07, 6.45) is -5.12. The first-order chi connectivity index (χ1) is 13.0. The standard InChI is InChI=1S/C17H11Cl2F3N2O2S2/c1-16(26,17(20,21)22)14(25)23-11-4-3-9(7-10(11)19)27-15-24-12-6-8(18)2-5-13(12)28-15/h2-7,26H,1H3,(H,23,25)/t16-/m1/s1. The molecule has 1 heterocycles. The molecule has 0 radical (unpaired) electrons. The van der Waals surface area contributed by atoms with E-state index in [-0.39, 0.29) is 10.7 Å². The zero-order valence-electron chi connectivity index (χ0n) is 14.0. The third-order valence-electron chi connectivity index (χ3n) is 3.72. The normalized spacial score (nSPS) is 14.1. The summed E-state index contributed by atoms with van der Waals surface area (Å²) in [4.78, 5) is 16.9. The maximum atomic E-state index is 12.7. The maximum absolute atomic E-state index is 12.7. The van der Waals surface area contributed by atoms with Crippen LogP contribution in [0.4, 0.5) is 18.9 Å². The Hall–Kier alpha value is -1.52. The number of aliphatic hydroxyl groups is 1. The second kappa shape index (κ2) is 7.72. The van der Waals surface area contributed by atoms with Crippen molar-refractivity contribution in [3.8, 4) is 0 Å². The van der Waals surface area contributed by atoms with Crippen molar-refractivity contribution in [3.05, 3.63) is 46.4 Å². The van der Waals surface area contributed by atoms with E-state index in [0.29, 0.717) is 16.8 Å². The molecule has 1 aromatic heterocycles. The number of rotatable bonds is 4. The fraction of sp³-hybridized carbons (Fsp3) is 0.176.